The summed E-state index contributed by atoms with van der Waals surface area (Å²) in [4.78, 5) is 3.04. The van der Waals surface area contributed by atoms with Gasteiger partial charge in [-0.2, -0.15) is 0 Å². The molecule has 0 amide bonds. The molecule has 0 aliphatic rings. The maximum Gasteiger partial charge on any atom is 0.159 e. The number of nitrogens with one attached hydrogen (secondary N) is 1. The van der Waals surface area contributed by atoms with Gasteiger partial charge in [-0.3, -0.25) is 0 Å². The molecule has 0 spiro atoms. The Morgan fingerprint density at radius 2 is 2.36 bits per heavy atom. The van der Waals surface area contributed by atoms with E-state index in [2.05, 4.69) is 11.6 Å². The second-order valence-electron chi connectivity index (χ2n) is 2.04. The first-order chi connectivity index (χ1) is 5.24. The molecule has 58 valence electrons. The highest BCUT2D eigenvalue weighted by molar-refractivity contribution is 7.73. The lowest BCUT2D eigenvalue weighted by atomic mass is 10.4. The van der Waals surface area contributed by atoms with Crippen molar-refractivity contribution in [2.45, 2.75) is 6.92 Å². The topological polar surface area (TPSA) is 15.8 Å². The Balaban J connectivity index is 3.35. The van der Waals surface area contributed by atoms with Crippen molar-refractivity contribution in [3.8, 4) is 0 Å². The minimum atomic E-state index is 0.783. The van der Waals surface area contributed by atoms with E-state index in [1.807, 2.05) is 25.2 Å². The smallest absolute Gasteiger partial charge is 0.159 e. The predicted octanol–water partition coefficient (Wildman–Crippen LogP) is 1.57. The zero-order valence-electron chi connectivity index (χ0n) is 6.26. The third-order valence-corrected chi connectivity index (χ3v) is 2.31. The molecule has 0 aliphatic heterocycles. The molecule has 1 nitrogen and oxygen atoms in total. The van der Waals surface area contributed by atoms with Crippen LogP contribution in [0, 0.1) is 3.95 Å². The summed E-state index contributed by atoms with van der Waals surface area (Å²) in [5.41, 5.74) is 0. The number of H-pyrrole nitrogens is 1. The Morgan fingerprint density at radius 3 is 2.82 bits per heavy atom. The number of hydrogen-bond donors (Lipinski definition) is 1. The summed E-state index contributed by atoms with van der Waals surface area (Å²) in [5, 5.41) is 1.01. The van der Waals surface area contributed by atoms with Crippen LogP contribution in [0.4, 0.5) is 0 Å². The van der Waals surface area contributed by atoms with Crippen LogP contribution in [0.25, 0.3) is 12.7 Å². The summed E-state index contributed by atoms with van der Waals surface area (Å²) >= 11 is 6.45. The molecule has 0 bridgehead atoms. The molecule has 1 heterocycles. The molecule has 1 aromatic rings. The number of rotatable bonds is 1. The summed E-state index contributed by atoms with van der Waals surface area (Å²) in [6.07, 6.45) is 5.89. The Kier molecular flexibility index (Phi) is 2.79. The number of aromatic amines is 1. The van der Waals surface area contributed by atoms with E-state index in [-0.39, 0.29) is 0 Å². The lowest BCUT2D eigenvalue weighted by Crippen LogP contribution is -2.18. The number of hydrogen-bond acceptors (Lipinski definition) is 2. The molecular formula is C8H9NS2. The van der Waals surface area contributed by atoms with E-state index in [0.717, 1.165) is 13.8 Å². The number of thiazole rings is 1. The average molecular weight is 183 g/mol. The van der Waals surface area contributed by atoms with Crippen LogP contribution in [-0.4, -0.2) is 4.98 Å². The van der Waals surface area contributed by atoms with Gasteiger partial charge in [0.15, 0.2) is 3.95 Å². The first kappa shape index (κ1) is 8.43. The zero-order valence-corrected chi connectivity index (χ0v) is 7.89. The average Bonchev–Trinajstić information content (AvgIpc) is 2.26. The van der Waals surface area contributed by atoms with E-state index in [1.165, 1.54) is 11.3 Å². The first-order valence-electron chi connectivity index (χ1n) is 3.25. The van der Waals surface area contributed by atoms with Gasteiger partial charge in [0.25, 0.3) is 0 Å². The normalized spacial score (nSPS) is 13.0. The largest absolute Gasteiger partial charge is 0.337 e. The van der Waals surface area contributed by atoms with Crippen LogP contribution in [-0.2, 0) is 0 Å². The van der Waals surface area contributed by atoms with Crippen molar-refractivity contribution in [3.05, 3.63) is 26.0 Å². The quantitative estimate of drug-likeness (QED) is 0.653. The maximum absolute atomic E-state index is 4.95. The van der Waals surface area contributed by atoms with Crippen LogP contribution >= 0.6 is 23.6 Å². The van der Waals surface area contributed by atoms with Crippen molar-refractivity contribution >= 4 is 36.2 Å². The zero-order chi connectivity index (χ0) is 8.27. The van der Waals surface area contributed by atoms with Gasteiger partial charge in [0.1, 0.15) is 0 Å². The highest BCUT2D eigenvalue weighted by Crippen LogP contribution is 1.82. The standard InChI is InChI=1S/C8H9NS2/c1-3-4-5-7-6(2)11-8(10)9-7/h3-5H,2H2,1H3,(H,9,10)/b4-3-,7-5+. The van der Waals surface area contributed by atoms with Crippen LogP contribution in [0.3, 0.4) is 0 Å². The lowest BCUT2D eigenvalue weighted by Gasteiger charge is -1.72. The van der Waals surface area contributed by atoms with Gasteiger partial charge in [-0.25, -0.2) is 0 Å². The fraction of sp³-hybridized carbons (Fsp3) is 0.125. The van der Waals surface area contributed by atoms with Gasteiger partial charge in [0.05, 0.1) is 5.35 Å². The highest BCUT2D eigenvalue weighted by Gasteiger charge is 1.83. The van der Waals surface area contributed by atoms with Gasteiger partial charge >= 0.3 is 0 Å². The van der Waals surface area contributed by atoms with E-state index >= 15 is 0 Å². The first-order valence-corrected chi connectivity index (χ1v) is 4.47. The molecule has 1 N–H and O–H groups in total. The van der Waals surface area contributed by atoms with Crippen molar-refractivity contribution in [2.24, 2.45) is 0 Å². The lowest BCUT2D eigenvalue weighted by molar-refractivity contribution is 1.30. The van der Waals surface area contributed by atoms with E-state index in [1.54, 1.807) is 0 Å². The second-order valence-corrected chi connectivity index (χ2v) is 3.82. The Labute approximate surface area is 74.4 Å². The van der Waals surface area contributed by atoms with Crippen LogP contribution in [0.5, 0.6) is 0 Å². The molecule has 0 aromatic carbocycles. The minimum absolute atomic E-state index is 0.783. The monoisotopic (exact) mass is 183 g/mol. The summed E-state index contributed by atoms with van der Waals surface area (Å²) in [7, 11) is 0. The predicted molar refractivity (Wildman–Crippen MR) is 53.6 cm³/mol. The van der Waals surface area contributed by atoms with Gasteiger partial charge in [0, 0.05) is 4.53 Å². The number of allylic oxidation sites excluding steroid dienone is 2. The highest BCUT2D eigenvalue weighted by atomic mass is 32.1. The number of aromatic nitrogens is 1. The molecule has 11 heavy (non-hydrogen) atoms. The third-order valence-electron chi connectivity index (χ3n) is 1.21. The van der Waals surface area contributed by atoms with E-state index in [4.69, 9.17) is 12.2 Å². The van der Waals surface area contributed by atoms with E-state index < -0.39 is 0 Å². The molecule has 0 atom stereocenters. The van der Waals surface area contributed by atoms with Crippen molar-refractivity contribution in [1.82, 2.24) is 4.98 Å². The van der Waals surface area contributed by atoms with Gasteiger partial charge < -0.3 is 4.98 Å². The fourth-order valence-corrected chi connectivity index (χ4v) is 1.72. The van der Waals surface area contributed by atoms with Crippen LogP contribution < -0.4 is 9.88 Å². The van der Waals surface area contributed by atoms with E-state index in [9.17, 15) is 0 Å². The molecule has 0 saturated heterocycles. The molecule has 1 aromatic heterocycles. The third kappa shape index (κ3) is 2.13. The van der Waals surface area contributed by atoms with Crippen molar-refractivity contribution in [3.63, 3.8) is 0 Å². The van der Waals surface area contributed by atoms with Gasteiger partial charge in [-0.1, -0.05) is 18.7 Å². The fourth-order valence-electron chi connectivity index (χ4n) is 0.699. The summed E-state index contributed by atoms with van der Waals surface area (Å²) in [6.45, 7) is 5.82. The van der Waals surface area contributed by atoms with Crippen LogP contribution in [0.2, 0.25) is 0 Å². The summed E-state index contributed by atoms with van der Waals surface area (Å²) in [6, 6.07) is 0. The van der Waals surface area contributed by atoms with Crippen LogP contribution in [0.15, 0.2) is 12.2 Å². The Bertz CT molecular complexity index is 408. The van der Waals surface area contributed by atoms with Crippen molar-refractivity contribution < 1.29 is 0 Å². The molecular weight excluding hydrogens is 174 g/mol. The molecule has 0 fully saturated rings. The summed E-state index contributed by atoms with van der Waals surface area (Å²) < 4.78 is 1.78. The molecule has 0 radical (unpaired) electrons. The van der Waals surface area contributed by atoms with Crippen LogP contribution in [0.1, 0.15) is 6.92 Å². The van der Waals surface area contributed by atoms with Crippen molar-refractivity contribution in [2.75, 3.05) is 0 Å². The van der Waals surface area contributed by atoms with Gasteiger partial charge in [-0.05, 0) is 25.2 Å². The molecule has 0 saturated carbocycles. The molecule has 0 unspecified atom stereocenters. The maximum atomic E-state index is 4.95. The van der Waals surface area contributed by atoms with Gasteiger partial charge in [0.2, 0.25) is 0 Å². The minimum Gasteiger partial charge on any atom is -0.337 e. The Morgan fingerprint density at radius 1 is 1.64 bits per heavy atom. The van der Waals surface area contributed by atoms with E-state index in [0.29, 0.717) is 0 Å². The van der Waals surface area contributed by atoms with Gasteiger partial charge in [-0.15, -0.1) is 11.3 Å². The molecule has 1 rings (SSSR count). The second kappa shape index (κ2) is 3.64. The van der Waals surface area contributed by atoms with Crippen molar-refractivity contribution in [1.29, 1.82) is 0 Å². The Hall–Kier alpha value is -0.670. The molecule has 0 aliphatic carbocycles. The SMILES string of the molecule is C=c1sc(=S)[nH]/c1=C/C=C\C. The molecule has 3 heteroatoms. The summed E-state index contributed by atoms with van der Waals surface area (Å²) in [5.74, 6) is 0.